The highest BCUT2D eigenvalue weighted by Crippen LogP contribution is 2.32. The molecule has 0 heterocycles. The van der Waals surface area contributed by atoms with E-state index in [4.69, 9.17) is 0 Å². The number of halogens is 2. The van der Waals surface area contributed by atoms with Crippen molar-refractivity contribution in [3.63, 3.8) is 0 Å². The number of aliphatic hydroxyl groups is 1. The van der Waals surface area contributed by atoms with Gasteiger partial charge in [-0.2, -0.15) is 0 Å². The summed E-state index contributed by atoms with van der Waals surface area (Å²) in [7, 11) is 0. The maximum Gasteiger partial charge on any atom is 0.126 e. The van der Waals surface area contributed by atoms with Crippen LogP contribution in [-0.4, -0.2) is 5.11 Å². The highest BCUT2D eigenvalue weighted by molar-refractivity contribution is 5.83. The summed E-state index contributed by atoms with van der Waals surface area (Å²) in [5, 5.41) is 12.7. The van der Waals surface area contributed by atoms with Crippen molar-refractivity contribution in [1.82, 2.24) is 0 Å². The molecule has 1 unspecified atom stereocenters. The summed E-state index contributed by atoms with van der Waals surface area (Å²) >= 11 is 0. The second kappa shape index (κ2) is 4.93. The van der Waals surface area contributed by atoms with Crippen LogP contribution in [0.3, 0.4) is 0 Å². The molecule has 1 atom stereocenters. The van der Waals surface area contributed by atoms with Crippen molar-refractivity contribution in [3.8, 4) is 0 Å². The fourth-order valence-corrected chi connectivity index (χ4v) is 2.49. The molecule has 0 aliphatic rings. The molecule has 106 valence electrons. The maximum absolute atomic E-state index is 13.4. The van der Waals surface area contributed by atoms with E-state index in [1.807, 2.05) is 36.4 Å². The van der Waals surface area contributed by atoms with Gasteiger partial charge in [0.05, 0.1) is 0 Å². The maximum atomic E-state index is 13.4. The van der Waals surface area contributed by atoms with Gasteiger partial charge >= 0.3 is 0 Å². The van der Waals surface area contributed by atoms with Crippen molar-refractivity contribution in [3.05, 3.63) is 83.4 Å². The smallest absolute Gasteiger partial charge is 0.126 e. The zero-order chi connectivity index (χ0) is 15.0. The molecule has 3 rings (SSSR count). The minimum Gasteiger partial charge on any atom is -0.381 e. The van der Waals surface area contributed by atoms with Gasteiger partial charge in [-0.05, 0) is 47.0 Å². The van der Waals surface area contributed by atoms with Gasteiger partial charge in [-0.1, -0.05) is 36.4 Å². The molecule has 1 N–H and O–H groups in total. The van der Waals surface area contributed by atoms with Gasteiger partial charge < -0.3 is 5.11 Å². The van der Waals surface area contributed by atoms with Crippen molar-refractivity contribution in [2.75, 3.05) is 0 Å². The summed E-state index contributed by atoms with van der Waals surface area (Å²) < 4.78 is 26.8. The first-order chi connectivity index (χ1) is 9.96. The normalized spacial score (nSPS) is 14.1. The van der Waals surface area contributed by atoms with Crippen molar-refractivity contribution >= 4 is 10.8 Å². The van der Waals surface area contributed by atoms with Crippen LogP contribution in [0.15, 0.2) is 60.7 Å². The molecule has 0 bridgehead atoms. The van der Waals surface area contributed by atoms with E-state index in [1.165, 1.54) is 6.92 Å². The largest absolute Gasteiger partial charge is 0.381 e. The first-order valence-corrected chi connectivity index (χ1v) is 6.65. The summed E-state index contributed by atoms with van der Waals surface area (Å²) in [5.41, 5.74) is -0.686. The molecule has 0 aromatic heterocycles. The molecule has 21 heavy (non-hydrogen) atoms. The van der Waals surface area contributed by atoms with Gasteiger partial charge in [0, 0.05) is 6.07 Å². The molecule has 1 nitrogen and oxygen atoms in total. The topological polar surface area (TPSA) is 20.2 Å². The third kappa shape index (κ3) is 2.52. The van der Waals surface area contributed by atoms with E-state index < -0.39 is 17.2 Å². The number of hydrogen-bond donors (Lipinski definition) is 1. The number of fused-ring (bicyclic) bond motifs is 1. The molecule has 0 aliphatic heterocycles. The Hall–Kier alpha value is -2.26. The first-order valence-electron chi connectivity index (χ1n) is 6.65. The third-order valence-corrected chi connectivity index (χ3v) is 3.74. The van der Waals surface area contributed by atoms with Crippen molar-refractivity contribution in [2.45, 2.75) is 12.5 Å². The van der Waals surface area contributed by atoms with Gasteiger partial charge in [-0.15, -0.1) is 0 Å². The van der Waals surface area contributed by atoms with E-state index in [1.54, 1.807) is 6.07 Å². The van der Waals surface area contributed by atoms with Gasteiger partial charge in [0.2, 0.25) is 0 Å². The predicted molar refractivity (Wildman–Crippen MR) is 79.0 cm³/mol. The van der Waals surface area contributed by atoms with E-state index in [-0.39, 0.29) is 5.56 Å². The standard InChI is InChI=1S/C18H14F2O/c1-18(21,15-9-16(19)11-17(20)10-15)14-7-6-12-4-2-3-5-13(12)8-14/h2-11,21H,1H3. The van der Waals surface area contributed by atoms with Gasteiger partial charge in [0.25, 0.3) is 0 Å². The molecule has 3 aromatic carbocycles. The Kier molecular flexibility index (Phi) is 3.22. The second-order valence-corrected chi connectivity index (χ2v) is 5.29. The van der Waals surface area contributed by atoms with Gasteiger partial charge in [0.1, 0.15) is 17.2 Å². The lowest BCUT2D eigenvalue weighted by Gasteiger charge is -2.25. The van der Waals surface area contributed by atoms with E-state index >= 15 is 0 Å². The Morgan fingerprint density at radius 1 is 0.762 bits per heavy atom. The van der Waals surface area contributed by atoms with Crippen LogP contribution < -0.4 is 0 Å². The molecule has 3 heteroatoms. The molecular formula is C18H14F2O. The zero-order valence-electron chi connectivity index (χ0n) is 11.5. The Morgan fingerprint density at radius 3 is 2.05 bits per heavy atom. The van der Waals surface area contributed by atoms with E-state index in [9.17, 15) is 13.9 Å². The molecule has 0 amide bonds. The summed E-state index contributed by atoms with van der Waals surface area (Å²) in [6.45, 7) is 1.53. The predicted octanol–water partition coefficient (Wildman–Crippen LogP) is 4.37. The lowest BCUT2D eigenvalue weighted by molar-refractivity contribution is 0.102. The zero-order valence-corrected chi connectivity index (χ0v) is 11.5. The lowest BCUT2D eigenvalue weighted by Crippen LogP contribution is -2.23. The summed E-state index contributed by atoms with van der Waals surface area (Å²) in [4.78, 5) is 0. The summed E-state index contributed by atoms with van der Waals surface area (Å²) in [6.07, 6.45) is 0. The van der Waals surface area contributed by atoms with E-state index in [0.717, 1.165) is 29.0 Å². The Morgan fingerprint density at radius 2 is 1.38 bits per heavy atom. The fraction of sp³-hybridized carbons (Fsp3) is 0.111. The third-order valence-electron chi connectivity index (χ3n) is 3.74. The van der Waals surface area contributed by atoms with Gasteiger partial charge in [-0.25, -0.2) is 8.78 Å². The van der Waals surface area contributed by atoms with Crippen LogP contribution in [0.4, 0.5) is 8.78 Å². The minimum atomic E-state index is -1.47. The summed E-state index contributed by atoms with van der Waals surface area (Å²) in [6, 6.07) is 16.3. The van der Waals surface area contributed by atoms with E-state index in [2.05, 4.69) is 0 Å². The van der Waals surface area contributed by atoms with E-state index in [0.29, 0.717) is 5.56 Å². The van der Waals surface area contributed by atoms with Crippen LogP contribution in [0.2, 0.25) is 0 Å². The number of rotatable bonds is 2. The average Bonchev–Trinajstić information content (AvgIpc) is 2.45. The Bertz CT molecular complexity index is 789. The van der Waals surface area contributed by atoms with Crippen LogP contribution in [0.5, 0.6) is 0 Å². The van der Waals surface area contributed by atoms with Gasteiger partial charge in [-0.3, -0.25) is 0 Å². The monoisotopic (exact) mass is 284 g/mol. The minimum absolute atomic E-state index is 0.190. The second-order valence-electron chi connectivity index (χ2n) is 5.29. The quantitative estimate of drug-likeness (QED) is 0.740. The van der Waals surface area contributed by atoms with Crippen LogP contribution in [0, 0.1) is 11.6 Å². The molecule has 0 spiro atoms. The fourth-order valence-electron chi connectivity index (χ4n) is 2.49. The highest BCUT2D eigenvalue weighted by atomic mass is 19.1. The van der Waals surface area contributed by atoms with Crippen LogP contribution in [-0.2, 0) is 5.60 Å². The molecule has 0 aliphatic carbocycles. The van der Waals surface area contributed by atoms with Crippen LogP contribution >= 0.6 is 0 Å². The van der Waals surface area contributed by atoms with Crippen molar-refractivity contribution < 1.29 is 13.9 Å². The first kappa shape index (κ1) is 13.7. The molecule has 0 saturated heterocycles. The average molecular weight is 284 g/mol. The molecule has 0 radical (unpaired) electrons. The van der Waals surface area contributed by atoms with Crippen LogP contribution in [0.25, 0.3) is 10.8 Å². The molecule has 0 saturated carbocycles. The Labute approximate surface area is 121 Å². The number of benzene rings is 3. The molecule has 0 fully saturated rings. The lowest BCUT2D eigenvalue weighted by atomic mass is 9.87. The SMILES string of the molecule is CC(O)(c1cc(F)cc(F)c1)c1ccc2ccccc2c1. The van der Waals surface area contributed by atoms with Gasteiger partial charge in [0.15, 0.2) is 0 Å². The number of hydrogen-bond acceptors (Lipinski definition) is 1. The van der Waals surface area contributed by atoms with Crippen LogP contribution in [0.1, 0.15) is 18.1 Å². The molecular weight excluding hydrogens is 270 g/mol. The Balaban J connectivity index is 2.14. The molecule has 3 aromatic rings. The van der Waals surface area contributed by atoms with Crippen molar-refractivity contribution in [1.29, 1.82) is 0 Å². The van der Waals surface area contributed by atoms with Crippen molar-refractivity contribution in [2.24, 2.45) is 0 Å². The summed E-state index contributed by atoms with van der Waals surface area (Å²) in [5.74, 6) is -1.41. The highest BCUT2D eigenvalue weighted by Gasteiger charge is 2.27.